The highest BCUT2D eigenvalue weighted by Gasteiger charge is 2.39. The Bertz CT molecular complexity index is 506. The normalized spacial score (nSPS) is 18.2. The van der Waals surface area contributed by atoms with Crippen LogP contribution in [0.15, 0.2) is 24.3 Å². The van der Waals surface area contributed by atoms with Crippen LogP contribution in [-0.2, 0) is 9.59 Å². The summed E-state index contributed by atoms with van der Waals surface area (Å²) in [5.41, 5.74) is 1.11. The van der Waals surface area contributed by atoms with E-state index in [0.29, 0.717) is 11.3 Å². The average molecular weight is 261 g/mol. The molecule has 1 saturated carbocycles. The lowest BCUT2D eigenvalue weighted by molar-refractivity contribution is -0.138. The van der Waals surface area contributed by atoms with E-state index in [9.17, 15) is 9.59 Å². The van der Waals surface area contributed by atoms with E-state index in [-0.39, 0.29) is 11.3 Å². The molecule has 0 heterocycles. The van der Waals surface area contributed by atoms with Crippen LogP contribution >= 0.6 is 0 Å². The molecule has 1 aromatic rings. The number of carbonyl (C=O) groups excluding carboxylic acids is 1. The molecular weight excluding hydrogens is 242 g/mol. The number of amides is 1. The Morgan fingerprint density at radius 3 is 2.58 bits per heavy atom. The summed E-state index contributed by atoms with van der Waals surface area (Å²) >= 11 is 0. The van der Waals surface area contributed by atoms with Gasteiger partial charge in [0.1, 0.15) is 0 Å². The number of carbonyl (C=O) groups is 2. The van der Waals surface area contributed by atoms with E-state index in [4.69, 9.17) is 5.11 Å². The van der Waals surface area contributed by atoms with Gasteiger partial charge in [-0.05, 0) is 37.5 Å². The summed E-state index contributed by atoms with van der Waals surface area (Å²) in [5.74, 6) is -1.41. The van der Waals surface area contributed by atoms with Crippen molar-refractivity contribution < 1.29 is 14.7 Å². The topological polar surface area (TPSA) is 66.4 Å². The summed E-state index contributed by atoms with van der Waals surface area (Å²) < 4.78 is 0. The van der Waals surface area contributed by atoms with E-state index >= 15 is 0 Å². The summed E-state index contributed by atoms with van der Waals surface area (Å²) in [7, 11) is 0. The van der Waals surface area contributed by atoms with Gasteiger partial charge in [-0.15, -0.1) is 0 Å². The summed E-state index contributed by atoms with van der Waals surface area (Å²) in [4.78, 5) is 23.1. The van der Waals surface area contributed by atoms with Crippen LogP contribution in [0.1, 0.15) is 44.6 Å². The molecule has 4 nitrogen and oxygen atoms in total. The first-order chi connectivity index (χ1) is 8.92. The first-order valence-electron chi connectivity index (χ1n) is 6.57. The zero-order valence-electron chi connectivity index (χ0n) is 11.3. The molecule has 0 saturated heterocycles. The van der Waals surface area contributed by atoms with Gasteiger partial charge in [0.2, 0.25) is 5.91 Å². The largest absolute Gasteiger partial charge is 0.481 e. The Hall–Kier alpha value is -1.84. The molecule has 1 aliphatic carbocycles. The molecule has 19 heavy (non-hydrogen) atoms. The van der Waals surface area contributed by atoms with Crippen LogP contribution in [0.25, 0.3) is 0 Å². The van der Waals surface area contributed by atoms with Crippen LogP contribution in [0.3, 0.4) is 0 Å². The third-order valence-electron chi connectivity index (χ3n) is 4.02. The van der Waals surface area contributed by atoms with Crippen molar-refractivity contribution in [3.05, 3.63) is 29.8 Å². The Balaban J connectivity index is 2.11. The fourth-order valence-electron chi connectivity index (χ4n) is 2.24. The number of hydrogen-bond donors (Lipinski definition) is 2. The maximum absolute atomic E-state index is 12.1. The van der Waals surface area contributed by atoms with Crippen LogP contribution in [0.2, 0.25) is 0 Å². The number of hydrogen-bond acceptors (Lipinski definition) is 2. The zero-order valence-corrected chi connectivity index (χ0v) is 11.3. The summed E-state index contributed by atoms with van der Waals surface area (Å²) in [5, 5.41) is 11.9. The number of rotatable bonds is 4. The highest BCUT2D eigenvalue weighted by Crippen LogP contribution is 2.41. The van der Waals surface area contributed by atoms with Crippen LogP contribution in [-0.4, -0.2) is 17.0 Å². The van der Waals surface area contributed by atoms with Crippen molar-refractivity contribution >= 4 is 17.6 Å². The lowest BCUT2D eigenvalue weighted by Gasteiger charge is -2.36. The molecule has 1 unspecified atom stereocenters. The van der Waals surface area contributed by atoms with Crippen LogP contribution < -0.4 is 5.32 Å². The molecule has 0 aliphatic heterocycles. The van der Waals surface area contributed by atoms with Gasteiger partial charge in [-0.3, -0.25) is 9.59 Å². The average Bonchev–Trinajstić information content (AvgIpc) is 2.35. The molecule has 2 rings (SSSR count). The fraction of sp³-hybridized carbons (Fsp3) is 0.467. The predicted molar refractivity (Wildman–Crippen MR) is 73.1 cm³/mol. The smallest absolute Gasteiger partial charge is 0.310 e. The third-order valence-corrected chi connectivity index (χ3v) is 4.02. The molecule has 0 bridgehead atoms. The van der Waals surface area contributed by atoms with E-state index in [0.717, 1.165) is 19.3 Å². The van der Waals surface area contributed by atoms with Crippen molar-refractivity contribution in [1.29, 1.82) is 0 Å². The second-order valence-electron chi connectivity index (χ2n) is 5.55. The first kappa shape index (κ1) is 13.6. The van der Waals surface area contributed by atoms with Gasteiger partial charge < -0.3 is 10.4 Å². The molecule has 2 N–H and O–H groups in total. The number of carboxylic acids is 1. The Labute approximate surface area is 112 Å². The summed E-state index contributed by atoms with van der Waals surface area (Å²) in [6.45, 7) is 3.60. The van der Waals surface area contributed by atoms with Crippen LogP contribution in [0, 0.1) is 5.41 Å². The lowest BCUT2D eigenvalue weighted by Crippen LogP contribution is -2.39. The number of carboxylic acid groups (broad SMARTS) is 1. The highest BCUT2D eigenvalue weighted by atomic mass is 16.4. The maximum Gasteiger partial charge on any atom is 0.310 e. The molecule has 102 valence electrons. The molecule has 1 aliphatic rings. The standard InChI is InChI=1S/C15H19NO3/c1-10(13(17)18)11-5-3-6-12(9-11)16-14(19)15(2)7-4-8-15/h3,5-6,9-10H,4,7-8H2,1-2H3,(H,16,19)(H,17,18). The lowest BCUT2D eigenvalue weighted by atomic mass is 9.70. The van der Waals surface area contributed by atoms with E-state index in [1.807, 2.05) is 6.92 Å². The molecule has 0 aromatic heterocycles. The molecular formula is C15H19NO3. The van der Waals surface area contributed by atoms with E-state index in [1.165, 1.54) is 0 Å². The van der Waals surface area contributed by atoms with Gasteiger partial charge in [0.05, 0.1) is 5.92 Å². The summed E-state index contributed by atoms with van der Waals surface area (Å²) in [6.07, 6.45) is 2.94. The number of aliphatic carboxylic acids is 1. The van der Waals surface area contributed by atoms with Crippen molar-refractivity contribution in [3.63, 3.8) is 0 Å². The quantitative estimate of drug-likeness (QED) is 0.875. The summed E-state index contributed by atoms with van der Waals surface area (Å²) in [6, 6.07) is 7.06. The first-order valence-corrected chi connectivity index (χ1v) is 6.57. The number of nitrogens with one attached hydrogen (secondary N) is 1. The van der Waals surface area contributed by atoms with Crippen LogP contribution in [0.4, 0.5) is 5.69 Å². The van der Waals surface area contributed by atoms with E-state index in [2.05, 4.69) is 5.32 Å². The van der Waals surface area contributed by atoms with Gasteiger partial charge in [-0.1, -0.05) is 25.5 Å². The second kappa shape index (κ2) is 5.03. The van der Waals surface area contributed by atoms with Crippen molar-refractivity contribution in [2.45, 2.75) is 39.0 Å². The highest BCUT2D eigenvalue weighted by molar-refractivity contribution is 5.95. The SMILES string of the molecule is CC(C(=O)O)c1cccc(NC(=O)C2(C)CCC2)c1. The Morgan fingerprint density at radius 2 is 2.05 bits per heavy atom. The van der Waals surface area contributed by atoms with Gasteiger partial charge in [-0.25, -0.2) is 0 Å². The second-order valence-corrected chi connectivity index (χ2v) is 5.55. The minimum Gasteiger partial charge on any atom is -0.481 e. The maximum atomic E-state index is 12.1. The minimum atomic E-state index is -0.866. The van der Waals surface area contributed by atoms with Gasteiger partial charge >= 0.3 is 5.97 Å². The molecule has 0 spiro atoms. The van der Waals surface area contributed by atoms with Crippen molar-refractivity contribution in [3.8, 4) is 0 Å². The van der Waals surface area contributed by atoms with Gasteiger partial charge in [0, 0.05) is 11.1 Å². The molecule has 4 heteroatoms. The van der Waals surface area contributed by atoms with Gasteiger partial charge in [0.25, 0.3) is 0 Å². The molecule has 1 atom stereocenters. The molecule has 1 aromatic carbocycles. The number of benzene rings is 1. The van der Waals surface area contributed by atoms with Crippen LogP contribution in [0.5, 0.6) is 0 Å². The van der Waals surface area contributed by atoms with E-state index in [1.54, 1.807) is 31.2 Å². The van der Waals surface area contributed by atoms with E-state index < -0.39 is 11.9 Å². The van der Waals surface area contributed by atoms with Gasteiger partial charge in [0.15, 0.2) is 0 Å². The Kier molecular flexibility index (Phi) is 3.60. The fourth-order valence-corrected chi connectivity index (χ4v) is 2.24. The molecule has 0 radical (unpaired) electrons. The molecule has 1 fully saturated rings. The van der Waals surface area contributed by atoms with Crippen molar-refractivity contribution in [2.75, 3.05) is 5.32 Å². The Morgan fingerprint density at radius 1 is 1.37 bits per heavy atom. The third kappa shape index (κ3) is 2.78. The molecule has 1 amide bonds. The van der Waals surface area contributed by atoms with Crippen molar-refractivity contribution in [2.24, 2.45) is 5.41 Å². The minimum absolute atomic E-state index is 0.0267. The predicted octanol–water partition coefficient (Wildman–Crippen LogP) is 3.00. The van der Waals surface area contributed by atoms with Crippen molar-refractivity contribution in [1.82, 2.24) is 0 Å². The number of anilines is 1. The zero-order chi connectivity index (χ0) is 14.0. The monoisotopic (exact) mass is 261 g/mol. The van der Waals surface area contributed by atoms with Gasteiger partial charge in [-0.2, -0.15) is 0 Å².